The number of carbonyl (C=O) groups is 1. The molecule has 2 aromatic heterocycles. The molecule has 32 heavy (non-hydrogen) atoms. The summed E-state index contributed by atoms with van der Waals surface area (Å²) in [4.78, 5) is 15.0. The molecule has 0 spiro atoms. The summed E-state index contributed by atoms with van der Waals surface area (Å²) in [5, 5.41) is 15.3. The molecular formula is C22H25F3N6O. The first-order valence-corrected chi connectivity index (χ1v) is 10.7. The molecule has 170 valence electrons. The smallest absolute Gasteiger partial charge is 0.355 e. The maximum atomic E-state index is 13.1. The molecule has 0 aliphatic carbocycles. The van der Waals surface area contributed by atoms with Crippen molar-refractivity contribution in [2.75, 3.05) is 18.0 Å². The van der Waals surface area contributed by atoms with Crippen molar-refractivity contribution in [1.82, 2.24) is 25.1 Å². The SMILES string of the molecule is CCCC(NC(=O)C1CCN(c2ccc3nncn3n2)CC1)c1cccc(C(F)(F)F)c1. The summed E-state index contributed by atoms with van der Waals surface area (Å²) in [5.41, 5.74) is 0.453. The lowest BCUT2D eigenvalue weighted by Crippen LogP contribution is -2.42. The second-order valence-electron chi connectivity index (χ2n) is 8.06. The zero-order chi connectivity index (χ0) is 22.7. The van der Waals surface area contributed by atoms with Crippen LogP contribution in [0.2, 0.25) is 0 Å². The molecular weight excluding hydrogens is 421 g/mol. The summed E-state index contributed by atoms with van der Waals surface area (Å²) in [6, 6.07) is 8.51. The summed E-state index contributed by atoms with van der Waals surface area (Å²) in [6.07, 6.45) is -0.246. The fourth-order valence-corrected chi connectivity index (χ4v) is 4.09. The highest BCUT2D eigenvalue weighted by Gasteiger charge is 2.32. The van der Waals surface area contributed by atoms with E-state index in [1.165, 1.54) is 6.07 Å². The number of rotatable bonds is 6. The molecule has 1 aliphatic rings. The molecule has 1 unspecified atom stereocenters. The van der Waals surface area contributed by atoms with Crippen LogP contribution in [0.5, 0.6) is 0 Å². The molecule has 3 heterocycles. The minimum absolute atomic E-state index is 0.109. The minimum atomic E-state index is -4.41. The second kappa shape index (κ2) is 9.13. The topological polar surface area (TPSA) is 75.4 Å². The van der Waals surface area contributed by atoms with Crippen LogP contribution in [-0.2, 0) is 11.0 Å². The highest BCUT2D eigenvalue weighted by molar-refractivity contribution is 5.79. The number of carbonyl (C=O) groups excluding carboxylic acids is 1. The quantitative estimate of drug-likeness (QED) is 0.619. The highest BCUT2D eigenvalue weighted by atomic mass is 19.4. The lowest BCUT2D eigenvalue weighted by atomic mass is 9.94. The fraction of sp³-hybridized carbons (Fsp3) is 0.455. The van der Waals surface area contributed by atoms with Crippen LogP contribution in [0.3, 0.4) is 0 Å². The van der Waals surface area contributed by atoms with Crippen molar-refractivity contribution in [3.8, 4) is 0 Å². The Hall–Kier alpha value is -3.17. The molecule has 4 rings (SSSR count). The number of benzene rings is 1. The van der Waals surface area contributed by atoms with Gasteiger partial charge in [0.05, 0.1) is 11.6 Å². The minimum Gasteiger partial charge on any atom is -0.355 e. The number of nitrogens with one attached hydrogen (secondary N) is 1. The van der Waals surface area contributed by atoms with Gasteiger partial charge in [0.1, 0.15) is 12.1 Å². The zero-order valence-corrected chi connectivity index (χ0v) is 17.7. The second-order valence-corrected chi connectivity index (χ2v) is 8.06. The Morgan fingerprint density at radius 1 is 1.22 bits per heavy atom. The van der Waals surface area contributed by atoms with E-state index in [-0.39, 0.29) is 11.8 Å². The number of fused-ring (bicyclic) bond motifs is 1. The molecule has 0 bridgehead atoms. The van der Waals surface area contributed by atoms with E-state index < -0.39 is 17.8 Å². The van der Waals surface area contributed by atoms with E-state index in [1.807, 2.05) is 19.1 Å². The number of piperidine rings is 1. The molecule has 0 saturated carbocycles. The molecule has 7 nitrogen and oxygen atoms in total. The van der Waals surface area contributed by atoms with Gasteiger partial charge in [-0.3, -0.25) is 4.79 Å². The van der Waals surface area contributed by atoms with Crippen LogP contribution in [0.4, 0.5) is 19.0 Å². The summed E-state index contributed by atoms with van der Waals surface area (Å²) >= 11 is 0. The molecule has 1 atom stereocenters. The van der Waals surface area contributed by atoms with Gasteiger partial charge in [0.25, 0.3) is 0 Å². The van der Waals surface area contributed by atoms with Crippen molar-refractivity contribution in [2.45, 2.75) is 44.8 Å². The first-order chi connectivity index (χ1) is 15.3. The number of aromatic nitrogens is 4. The molecule has 0 radical (unpaired) electrons. The van der Waals surface area contributed by atoms with Gasteiger partial charge < -0.3 is 10.2 Å². The predicted molar refractivity (Wildman–Crippen MR) is 113 cm³/mol. The number of alkyl halides is 3. The molecule has 1 fully saturated rings. The lowest BCUT2D eigenvalue weighted by Gasteiger charge is -2.33. The molecule has 3 aromatic rings. The van der Waals surface area contributed by atoms with E-state index >= 15 is 0 Å². The Bertz CT molecular complexity index is 1070. The number of amides is 1. The Labute approximate surface area is 183 Å². The Balaban J connectivity index is 1.39. The van der Waals surface area contributed by atoms with Crippen molar-refractivity contribution < 1.29 is 18.0 Å². The van der Waals surface area contributed by atoms with Gasteiger partial charge in [-0.15, -0.1) is 15.3 Å². The third-order valence-corrected chi connectivity index (χ3v) is 5.85. The monoisotopic (exact) mass is 446 g/mol. The van der Waals surface area contributed by atoms with Gasteiger partial charge in [-0.05, 0) is 49.1 Å². The van der Waals surface area contributed by atoms with Crippen LogP contribution in [0.1, 0.15) is 49.8 Å². The van der Waals surface area contributed by atoms with Crippen LogP contribution < -0.4 is 10.2 Å². The number of nitrogens with zero attached hydrogens (tertiary/aromatic N) is 5. The molecule has 10 heteroatoms. The van der Waals surface area contributed by atoms with Crippen LogP contribution in [0, 0.1) is 5.92 Å². The fourth-order valence-electron chi connectivity index (χ4n) is 4.09. The van der Waals surface area contributed by atoms with Gasteiger partial charge in [0.15, 0.2) is 5.65 Å². The normalized spacial score (nSPS) is 16.3. The first kappa shape index (κ1) is 22.0. The number of hydrogen-bond acceptors (Lipinski definition) is 5. The van der Waals surface area contributed by atoms with Gasteiger partial charge in [0, 0.05) is 19.0 Å². The van der Waals surface area contributed by atoms with Crippen LogP contribution in [-0.4, -0.2) is 38.8 Å². The average Bonchev–Trinajstić information content (AvgIpc) is 3.26. The standard InChI is InChI=1S/C22H25F3N6O/c1-2-4-18(16-5-3-6-17(13-16)22(23,24)25)27-21(32)15-9-11-30(12-10-15)20-8-7-19-28-26-14-31(19)29-20/h3,5-8,13-15,18H,2,4,9-12H2,1H3,(H,27,32). The summed E-state index contributed by atoms with van der Waals surface area (Å²) < 4.78 is 40.9. The van der Waals surface area contributed by atoms with E-state index in [0.717, 1.165) is 24.4 Å². The Morgan fingerprint density at radius 3 is 2.72 bits per heavy atom. The van der Waals surface area contributed by atoms with E-state index in [2.05, 4.69) is 25.5 Å². The molecule has 1 aliphatic heterocycles. The molecule has 1 amide bonds. The van der Waals surface area contributed by atoms with Gasteiger partial charge >= 0.3 is 6.18 Å². The lowest BCUT2D eigenvalue weighted by molar-refractivity contribution is -0.137. The summed E-state index contributed by atoms with van der Waals surface area (Å²) in [5.74, 6) is 0.502. The molecule has 1 aromatic carbocycles. The Morgan fingerprint density at radius 2 is 2.00 bits per heavy atom. The van der Waals surface area contributed by atoms with E-state index in [9.17, 15) is 18.0 Å². The van der Waals surface area contributed by atoms with Crippen molar-refractivity contribution in [3.63, 3.8) is 0 Å². The van der Waals surface area contributed by atoms with E-state index in [0.29, 0.717) is 43.6 Å². The van der Waals surface area contributed by atoms with E-state index in [1.54, 1.807) is 16.9 Å². The molecule has 1 saturated heterocycles. The largest absolute Gasteiger partial charge is 0.416 e. The highest BCUT2D eigenvalue weighted by Crippen LogP contribution is 2.32. The van der Waals surface area contributed by atoms with Gasteiger partial charge in [-0.25, -0.2) is 0 Å². The van der Waals surface area contributed by atoms with Crippen LogP contribution in [0.25, 0.3) is 5.65 Å². The zero-order valence-electron chi connectivity index (χ0n) is 17.7. The van der Waals surface area contributed by atoms with Crippen molar-refractivity contribution >= 4 is 17.4 Å². The number of halogens is 3. The average molecular weight is 446 g/mol. The van der Waals surface area contributed by atoms with Crippen molar-refractivity contribution in [1.29, 1.82) is 0 Å². The van der Waals surface area contributed by atoms with Gasteiger partial charge in [0.2, 0.25) is 5.91 Å². The maximum Gasteiger partial charge on any atom is 0.416 e. The van der Waals surface area contributed by atoms with Gasteiger partial charge in [-0.1, -0.05) is 25.5 Å². The summed E-state index contributed by atoms with van der Waals surface area (Å²) in [7, 11) is 0. The van der Waals surface area contributed by atoms with Crippen molar-refractivity contribution in [3.05, 3.63) is 53.9 Å². The predicted octanol–water partition coefficient (Wildman–Crippen LogP) is 4.02. The first-order valence-electron chi connectivity index (χ1n) is 10.7. The Kier molecular flexibility index (Phi) is 6.29. The van der Waals surface area contributed by atoms with Crippen LogP contribution >= 0.6 is 0 Å². The van der Waals surface area contributed by atoms with Crippen LogP contribution in [0.15, 0.2) is 42.7 Å². The maximum absolute atomic E-state index is 13.1. The number of hydrogen-bond donors (Lipinski definition) is 1. The van der Waals surface area contributed by atoms with Gasteiger partial charge in [-0.2, -0.15) is 17.7 Å². The van der Waals surface area contributed by atoms with E-state index in [4.69, 9.17) is 0 Å². The van der Waals surface area contributed by atoms with Crippen molar-refractivity contribution in [2.24, 2.45) is 5.92 Å². The number of anilines is 1. The molecule has 1 N–H and O–H groups in total. The third-order valence-electron chi connectivity index (χ3n) is 5.85. The summed E-state index contributed by atoms with van der Waals surface area (Å²) in [6.45, 7) is 3.28. The third kappa shape index (κ3) is 4.84.